The molecule has 0 radical (unpaired) electrons. The van der Waals surface area contributed by atoms with Gasteiger partial charge in [0.15, 0.2) is 5.78 Å². The van der Waals surface area contributed by atoms with Gasteiger partial charge in [0.1, 0.15) is 0 Å². The van der Waals surface area contributed by atoms with Gasteiger partial charge in [-0.3, -0.25) is 4.79 Å². The van der Waals surface area contributed by atoms with E-state index in [0.717, 1.165) is 5.56 Å². The van der Waals surface area contributed by atoms with Crippen LogP contribution in [0.25, 0.3) is 0 Å². The van der Waals surface area contributed by atoms with Crippen molar-refractivity contribution < 1.29 is 9.21 Å². The number of hydrogen-bond donors (Lipinski definition) is 1. The van der Waals surface area contributed by atoms with Gasteiger partial charge in [0, 0.05) is 10.6 Å². The molecule has 2 N–H and O–H groups in total. The first-order chi connectivity index (χ1) is 12.1. The topological polar surface area (TPSA) is 82.0 Å². The average molecular weight is 374 g/mol. The molecule has 25 heavy (non-hydrogen) atoms. The summed E-state index contributed by atoms with van der Waals surface area (Å²) in [7, 11) is 0. The maximum absolute atomic E-state index is 12.1. The zero-order valence-electron chi connectivity index (χ0n) is 13.3. The van der Waals surface area contributed by atoms with Crippen molar-refractivity contribution in [2.75, 3.05) is 5.75 Å². The van der Waals surface area contributed by atoms with Gasteiger partial charge in [-0.15, -0.1) is 10.2 Å². The minimum absolute atomic E-state index is 0.0324. The predicted octanol–water partition coefficient (Wildman–Crippen LogP) is 3.94. The molecule has 3 aromatic rings. The first-order valence-electron chi connectivity index (χ1n) is 7.66. The van der Waals surface area contributed by atoms with E-state index in [-0.39, 0.29) is 17.6 Å². The van der Waals surface area contributed by atoms with Gasteiger partial charge in [-0.2, -0.15) is 0 Å². The molecule has 0 spiro atoms. The number of nitrogens with two attached hydrogens (primary N) is 1. The summed E-state index contributed by atoms with van der Waals surface area (Å²) < 4.78 is 5.57. The molecule has 2 aromatic carbocycles. The molecule has 0 fully saturated rings. The highest BCUT2D eigenvalue weighted by atomic mass is 35.5. The molecule has 0 aliphatic carbocycles. The smallest absolute Gasteiger partial charge is 0.277 e. The largest absolute Gasteiger partial charge is 0.414 e. The molecule has 128 valence electrons. The van der Waals surface area contributed by atoms with E-state index in [1.807, 2.05) is 30.3 Å². The Bertz CT molecular complexity index is 837. The Morgan fingerprint density at radius 2 is 1.84 bits per heavy atom. The van der Waals surface area contributed by atoms with Crippen LogP contribution in [-0.4, -0.2) is 21.7 Å². The molecule has 0 aliphatic rings. The molecular formula is C18H16ClN3O2S. The molecule has 1 heterocycles. The first-order valence-corrected chi connectivity index (χ1v) is 9.02. The van der Waals surface area contributed by atoms with Gasteiger partial charge in [0.25, 0.3) is 5.22 Å². The fourth-order valence-corrected chi connectivity index (χ4v) is 3.02. The predicted molar refractivity (Wildman–Crippen MR) is 97.9 cm³/mol. The number of carbonyl (C=O) groups excluding carboxylic acids is 1. The second-order valence-corrected chi connectivity index (χ2v) is 6.78. The number of hydrogen-bond acceptors (Lipinski definition) is 6. The summed E-state index contributed by atoms with van der Waals surface area (Å²) in [6.07, 6.45) is 0.608. The number of thioether (sulfide) groups is 1. The lowest BCUT2D eigenvalue weighted by molar-refractivity contribution is 0.102. The lowest BCUT2D eigenvalue weighted by atomic mass is 10.1. The summed E-state index contributed by atoms with van der Waals surface area (Å²) in [5, 5.41) is 8.86. The fraction of sp³-hybridized carbons (Fsp3) is 0.167. The molecule has 1 aromatic heterocycles. The Morgan fingerprint density at radius 3 is 2.56 bits per heavy atom. The molecule has 0 unspecified atom stereocenters. The van der Waals surface area contributed by atoms with E-state index in [2.05, 4.69) is 10.2 Å². The number of benzene rings is 2. The third-order valence-electron chi connectivity index (χ3n) is 3.53. The summed E-state index contributed by atoms with van der Waals surface area (Å²) in [6.45, 7) is 0. The van der Waals surface area contributed by atoms with Gasteiger partial charge >= 0.3 is 0 Å². The molecule has 0 bridgehead atoms. The van der Waals surface area contributed by atoms with Crippen molar-refractivity contribution >= 4 is 29.1 Å². The number of carbonyl (C=O) groups is 1. The quantitative estimate of drug-likeness (QED) is 0.499. The SMILES string of the molecule is N[C@@H](Cc1ccccc1)c1nnc(SCC(=O)c2ccc(Cl)cc2)o1. The molecule has 3 rings (SSSR count). The van der Waals surface area contributed by atoms with Crippen molar-refractivity contribution in [1.29, 1.82) is 0 Å². The molecule has 5 nitrogen and oxygen atoms in total. The van der Waals surface area contributed by atoms with Crippen LogP contribution < -0.4 is 5.73 Å². The third kappa shape index (κ3) is 4.92. The van der Waals surface area contributed by atoms with Crippen LogP contribution in [0.4, 0.5) is 0 Å². The van der Waals surface area contributed by atoms with Crippen molar-refractivity contribution in [1.82, 2.24) is 10.2 Å². The molecule has 7 heteroatoms. The van der Waals surface area contributed by atoms with Crippen LogP contribution in [0.5, 0.6) is 0 Å². The lowest BCUT2D eigenvalue weighted by Gasteiger charge is -2.06. The zero-order valence-corrected chi connectivity index (χ0v) is 14.8. The summed E-state index contributed by atoms with van der Waals surface area (Å²) in [5.74, 6) is 0.539. The third-order valence-corrected chi connectivity index (χ3v) is 4.60. The summed E-state index contributed by atoms with van der Waals surface area (Å²) in [5.41, 5.74) is 7.81. The Kier molecular flexibility index (Phi) is 5.86. The Labute approximate surface area is 154 Å². The number of rotatable bonds is 7. The fourth-order valence-electron chi connectivity index (χ4n) is 2.23. The van der Waals surface area contributed by atoms with Crippen LogP contribution >= 0.6 is 23.4 Å². The normalized spacial score (nSPS) is 12.1. The summed E-state index contributed by atoms with van der Waals surface area (Å²) in [6, 6.07) is 16.2. The molecule has 1 atom stereocenters. The van der Waals surface area contributed by atoms with Gasteiger partial charge in [0.05, 0.1) is 11.8 Å². The molecular weight excluding hydrogens is 358 g/mol. The van der Waals surface area contributed by atoms with Gasteiger partial charge < -0.3 is 10.2 Å². The van der Waals surface area contributed by atoms with Crippen molar-refractivity contribution in [3.05, 3.63) is 76.6 Å². The second-order valence-electron chi connectivity index (χ2n) is 5.42. The van der Waals surface area contributed by atoms with Crippen LogP contribution in [0.2, 0.25) is 5.02 Å². The number of nitrogens with zero attached hydrogens (tertiary/aromatic N) is 2. The van der Waals surface area contributed by atoms with E-state index < -0.39 is 0 Å². The van der Waals surface area contributed by atoms with Gasteiger partial charge in [-0.25, -0.2) is 0 Å². The van der Waals surface area contributed by atoms with E-state index in [1.165, 1.54) is 11.8 Å². The molecule has 0 aliphatic heterocycles. The van der Waals surface area contributed by atoms with E-state index in [9.17, 15) is 4.79 Å². The van der Waals surface area contributed by atoms with Crippen molar-refractivity contribution in [3.8, 4) is 0 Å². The summed E-state index contributed by atoms with van der Waals surface area (Å²) >= 11 is 7.01. The van der Waals surface area contributed by atoms with Crippen LogP contribution in [-0.2, 0) is 6.42 Å². The standard InChI is InChI=1S/C18H16ClN3O2S/c19-14-8-6-13(7-9-14)16(23)11-25-18-22-21-17(24-18)15(20)10-12-4-2-1-3-5-12/h1-9,15H,10-11,20H2/t15-/m0/s1. The lowest BCUT2D eigenvalue weighted by Crippen LogP contribution is -2.13. The van der Waals surface area contributed by atoms with Crippen LogP contribution in [0, 0.1) is 0 Å². The Hall–Kier alpha value is -2.15. The highest BCUT2D eigenvalue weighted by Gasteiger charge is 2.16. The van der Waals surface area contributed by atoms with Crippen molar-refractivity contribution in [2.24, 2.45) is 5.73 Å². The molecule has 0 amide bonds. The van der Waals surface area contributed by atoms with E-state index >= 15 is 0 Å². The maximum Gasteiger partial charge on any atom is 0.277 e. The van der Waals surface area contributed by atoms with Crippen LogP contribution in [0.1, 0.15) is 27.9 Å². The Balaban J connectivity index is 1.56. The zero-order chi connectivity index (χ0) is 17.6. The highest BCUT2D eigenvalue weighted by Crippen LogP contribution is 2.22. The van der Waals surface area contributed by atoms with Crippen LogP contribution in [0.15, 0.2) is 64.2 Å². The van der Waals surface area contributed by atoms with Crippen molar-refractivity contribution in [2.45, 2.75) is 17.7 Å². The monoisotopic (exact) mass is 373 g/mol. The number of Topliss-reactive ketones (excluding diaryl/α,β-unsaturated/α-hetero) is 1. The number of aromatic nitrogens is 2. The van der Waals surface area contributed by atoms with Crippen molar-refractivity contribution in [3.63, 3.8) is 0 Å². The molecule has 0 saturated heterocycles. The van der Waals surface area contributed by atoms with Crippen LogP contribution in [0.3, 0.4) is 0 Å². The Morgan fingerprint density at radius 1 is 1.12 bits per heavy atom. The van der Waals surface area contributed by atoms with Gasteiger partial charge in [-0.1, -0.05) is 53.7 Å². The first kappa shape index (κ1) is 17.7. The highest BCUT2D eigenvalue weighted by molar-refractivity contribution is 7.99. The maximum atomic E-state index is 12.1. The number of halogens is 1. The summed E-state index contributed by atoms with van der Waals surface area (Å²) in [4.78, 5) is 12.1. The van der Waals surface area contributed by atoms with E-state index in [1.54, 1.807) is 24.3 Å². The molecule has 0 saturated carbocycles. The van der Waals surface area contributed by atoms with Gasteiger partial charge in [0.2, 0.25) is 5.89 Å². The minimum Gasteiger partial charge on any atom is -0.414 e. The second kappa shape index (κ2) is 8.29. The van der Waals surface area contributed by atoms with E-state index in [4.69, 9.17) is 21.8 Å². The van der Waals surface area contributed by atoms with E-state index in [0.29, 0.717) is 28.1 Å². The average Bonchev–Trinajstić information content (AvgIpc) is 3.10. The minimum atomic E-state index is -0.379. The van der Waals surface area contributed by atoms with Gasteiger partial charge in [-0.05, 0) is 36.2 Å². The number of ketones is 1.